The van der Waals surface area contributed by atoms with E-state index in [0.29, 0.717) is 0 Å². The number of ether oxygens (including phenoxy) is 2. The number of carbonyl (C=O) groups excluding carboxylic acids is 2. The molecular weight excluding hydrogens is 329 g/mol. The van der Waals surface area contributed by atoms with Gasteiger partial charge < -0.3 is 9.47 Å². The van der Waals surface area contributed by atoms with Crippen LogP contribution in [-0.2, 0) is 19.7 Å². The summed E-state index contributed by atoms with van der Waals surface area (Å²) in [5, 5.41) is 2.30. The van der Waals surface area contributed by atoms with Crippen LogP contribution in [0.3, 0.4) is 0 Å². The molecule has 1 amide bonds. The van der Waals surface area contributed by atoms with Crippen molar-refractivity contribution in [1.82, 2.24) is 0 Å². The molecule has 0 atom stereocenters. The van der Waals surface area contributed by atoms with Gasteiger partial charge in [0.25, 0.3) is 0 Å². The summed E-state index contributed by atoms with van der Waals surface area (Å²) < 4.78 is 45.1. The first-order valence-corrected chi connectivity index (χ1v) is 7.91. The van der Waals surface area contributed by atoms with Crippen molar-refractivity contribution in [2.45, 2.75) is 38.2 Å². The molecule has 0 fully saturated rings. The summed E-state index contributed by atoms with van der Waals surface area (Å²) >= 11 is 0. The van der Waals surface area contributed by atoms with Gasteiger partial charge in [-0.25, -0.2) is 9.59 Å². The summed E-state index contributed by atoms with van der Waals surface area (Å²) in [6, 6.07) is 1.75. The smallest absolute Gasteiger partial charge is 0.412 e. The van der Waals surface area contributed by atoms with E-state index in [-0.39, 0.29) is 16.8 Å². The van der Waals surface area contributed by atoms with Crippen LogP contribution in [0.15, 0.2) is 17.0 Å². The van der Waals surface area contributed by atoms with E-state index >= 15 is 0 Å². The third-order valence-corrected chi connectivity index (χ3v) is 3.50. The fraction of sp³-hybridized carbons (Fsp3) is 0.429. The first-order valence-electron chi connectivity index (χ1n) is 6.53. The lowest BCUT2D eigenvalue weighted by molar-refractivity contribution is 0.0595. The van der Waals surface area contributed by atoms with Crippen molar-refractivity contribution in [3.8, 4) is 0 Å². The number of esters is 1. The highest BCUT2D eigenvalue weighted by molar-refractivity contribution is 7.86. The lowest BCUT2D eigenvalue weighted by Crippen LogP contribution is -2.27. The molecule has 0 heterocycles. The largest absolute Gasteiger partial charge is 0.465 e. The molecule has 128 valence electrons. The number of amides is 1. The first kappa shape index (κ1) is 18.9. The van der Waals surface area contributed by atoms with Crippen LogP contribution in [-0.4, -0.2) is 33.2 Å². The molecule has 0 spiro atoms. The number of methoxy groups -OCH3 is 1. The third kappa shape index (κ3) is 5.20. The van der Waals surface area contributed by atoms with Crippen molar-refractivity contribution in [2.75, 3.05) is 12.4 Å². The van der Waals surface area contributed by atoms with Gasteiger partial charge in [0, 0.05) is 5.69 Å². The Morgan fingerprint density at radius 2 is 1.78 bits per heavy atom. The van der Waals surface area contributed by atoms with Gasteiger partial charge in [0.15, 0.2) is 0 Å². The third-order valence-electron chi connectivity index (χ3n) is 2.70. The molecule has 23 heavy (non-hydrogen) atoms. The molecule has 1 aromatic rings. The van der Waals surface area contributed by atoms with Gasteiger partial charge in [0.2, 0.25) is 0 Å². The minimum atomic E-state index is -5.08. The number of carbonyl (C=O) groups is 2. The Labute approximate surface area is 134 Å². The molecule has 0 saturated heterocycles. The highest BCUT2D eigenvalue weighted by Gasteiger charge is 2.23. The highest BCUT2D eigenvalue weighted by atomic mass is 32.3. The zero-order valence-electron chi connectivity index (χ0n) is 13.4. The monoisotopic (exact) mass is 347 g/mol. The number of benzene rings is 1. The van der Waals surface area contributed by atoms with Crippen molar-refractivity contribution < 1.29 is 31.4 Å². The molecule has 1 rings (SSSR count). The Balaban J connectivity index is 3.36. The summed E-state index contributed by atoms with van der Waals surface area (Å²) in [7, 11) is -3.98. The van der Waals surface area contributed by atoms with Gasteiger partial charge in [0.05, 0.1) is 12.7 Å². The molecule has 0 unspecified atom stereocenters. The van der Waals surface area contributed by atoms with Crippen molar-refractivity contribution in [1.29, 1.82) is 0 Å². The van der Waals surface area contributed by atoms with E-state index in [0.717, 1.165) is 19.2 Å². The lowest BCUT2D eigenvalue weighted by atomic mass is 10.1. The Morgan fingerprint density at radius 1 is 1.22 bits per heavy atom. The predicted octanol–water partition coefficient (Wildman–Crippen LogP) is 2.79. The van der Waals surface area contributed by atoms with Crippen molar-refractivity contribution in [2.24, 2.45) is 0 Å². The Kier molecular flexibility index (Phi) is 5.36. The molecule has 9 heteroatoms. The second-order valence-corrected chi connectivity index (χ2v) is 7.05. The van der Waals surface area contributed by atoms with Gasteiger partial charge in [0.1, 0.15) is 10.5 Å². The van der Waals surface area contributed by atoms with Crippen LogP contribution < -0.4 is 5.32 Å². The van der Waals surface area contributed by atoms with Crippen molar-refractivity contribution in [3.05, 3.63) is 23.3 Å². The molecule has 1 N–H and O–H groups in total. The van der Waals surface area contributed by atoms with Crippen LogP contribution in [0, 0.1) is 6.92 Å². The number of halogens is 1. The summed E-state index contributed by atoms with van der Waals surface area (Å²) in [5.74, 6) is -0.861. The number of rotatable bonds is 3. The average molecular weight is 347 g/mol. The average Bonchev–Trinajstić information content (AvgIpc) is 2.36. The van der Waals surface area contributed by atoms with Crippen LogP contribution in [0.1, 0.15) is 36.7 Å². The van der Waals surface area contributed by atoms with E-state index < -0.39 is 32.8 Å². The molecule has 0 radical (unpaired) electrons. The molecule has 0 aliphatic heterocycles. The predicted molar refractivity (Wildman–Crippen MR) is 80.7 cm³/mol. The van der Waals surface area contributed by atoms with Crippen LogP contribution in [0.25, 0.3) is 0 Å². The maximum atomic E-state index is 13.3. The van der Waals surface area contributed by atoms with E-state index in [4.69, 9.17) is 4.74 Å². The van der Waals surface area contributed by atoms with Crippen LogP contribution in [0.2, 0.25) is 0 Å². The maximum absolute atomic E-state index is 13.3. The fourth-order valence-corrected chi connectivity index (χ4v) is 2.21. The SMILES string of the molecule is COC(=O)c1cc(S(=O)(=O)F)cc(NC(=O)OC(C)(C)C)c1C. The van der Waals surface area contributed by atoms with E-state index in [9.17, 15) is 21.9 Å². The van der Waals surface area contributed by atoms with Gasteiger partial charge in [-0.05, 0) is 45.4 Å². The molecular formula is C14H18FNO6S. The first-order chi connectivity index (χ1) is 10.3. The second-order valence-electron chi connectivity index (χ2n) is 5.70. The molecule has 0 aliphatic rings. The number of hydrogen-bond acceptors (Lipinski definition) is 6. The summed E-state index contributed by atoms with van der Waals surface area (Å²) in [4.78, 5) is 22.7. The topological polar surface area (TPSA) is 98.8 Å². The maximum Gasteiger partial charge on any atom is 0.412 e. The normalized spacial score (nSPS) is 11.7. The zero-order valence-corrected chi connectivity index (χ0v) is 14.2. The van der Waals surface area contributed by atoms with Crippen molar-refractivity contribution >= 4 is 28.0 Å². The van der Waals surface area contributed by atoms with Crippen LogP contribution in [0.4, 0.5) is 14.4 Å². The molecule has 7 nitrogen and oxygen atoms in total. The molecule has 0 aliphatic carbocycles. The standard InChI is InChI=1S/C14H18FNO6S/c1-8-10(12(17)21-5)6-9(23(15,19)20)7-11(8)16-13(18)22-14(2,3)4/h6-7H,1-5H3,(H,16,18). The van der Waals surface area contributed by atoms with E-state index in [1.54, 1.807) is 20.8 Å². The Morgan fingerprint density at radius 3 is 2.22 bits per heavy atom. The van der Waals surface area contributed by atoms with E-state index in [1.165, 1.54) is 6.92 Å². The van der Waals surface area contributed by atoms with Crippen molar-refractivity contribution in [3.63, 3.8) is 0 Å². The minimum Gasteiger partial charge on any atom is -0.465 e. The van der Waals surface area contributed by atoms with Gasteiger partial charge in [-0.15, -0.1) is 3.89 Å². The summed E-state index contributed by atoms with van der Waals surface area (Å²) in [6.45, 7) is 6.37. The van der Waals surface area contributed by atoms with Gasteiger partial charge in [-0.2, -0.15) is 8.42 Å². The molecule has 0 bridgehead atoms. The van der Waals surface area contributed by atoms with Crippen LogP contribution in [0.5, 0.6) is 0 Å². The Hall–Kier alpha value is -2.16. The zero-order chi connectivity index (χ0) is 18.0. The molecule has 0 saturated carbocycles. The highest BCUT2D eigenvalue weighted by Crippen LogP contribution is 2.27. The number of nitrogens with one attached hydrogen (secondary N) is 1. The lowest BCUT2D eigenvalue weighted by Gasteiger charge is -2.20. The summed E-state index contributed by atoms with van der Waals surface area (Å²) in [6.07, 6.45) is -0.871. The van der Waals surface area contributed by atoms with Gasteiger partial charge in [-0.1, -0.05) is 0 Å². The van der Waals surface area contributed by atoms with E-state index in [2.05, 4.69) is 10.1 Å². The van der Waals surface area contributed by atoms with E-state index in [1.807, 2.05) is 0 Å². The summed E-state index contributed by atoms with van der Waals surface area (Å²) in [5.41, 5.74) is -0.821. The minimum absolute atomic E-state index is 0.0709. The number of hydrogen-bond donors (Lipinski definition) is 1. The number of anilines is 1. The quantitative estimate of drug-likeness (QED) is 0.667. The second kappa shape index (κ2) is 6.53. The molecule has 0 aromatic heterocycles. The van der Waals surface area contributed by atoms with Gasteiger partial charge in [-0.3, -0.25) is 5.32 Å². The van der Waals surface area contributed by atoms with Gasteiger partial charge >= 0.3 is 22.3 Å². The Bertz CT molecular complexity index is 736. The molecule has 1 aromatic carbocycles. The fourth-order valence-electron chi connectivity index (χ4n) is 1.69. The van der Waals surface area contributed by atoms with Crippen LogP contribution >= 0.6 is 0 Å².